The molecule has 1 aliphatic carbocycles. The summed E-state index contributed by atoms with van der Waals surface area (Å²) >= 11 is 0. The lowest BCUT2D eigenvalue weighted by molar-refractivity contribution is -0.0546. The molecule has 0 atom stereocenters. The molecule has 0 N–H and O–H groups in total. The molecule has 1 heterocycles. The molecule has 1 aliphatic heterocycles. The normalized spacial score (nSPS) is 29.1. The van der Waals surface area contributed by atoms with E-state index < -0.39 is 32.8 Å². The van der Waals surface area contributed by atoms with Gasteiger partial charge in [-0.3, -0.25) is 0 Å². The fourth-order valence-electron chi connectivity index (χ4n) is 5.30. The molecule has 1 saturated carbocycles. The van der Waals surface area contributed by atoms with E-state index in [1.54, 1.807) is 0 Å². The van der Waals surface area contributed by atoms with Gasteiger partial charge in [-0.1, -0.05) is 44.3 Å². The third-order valence-electron chi connectivity index (χ3n) is 6.73. The lowest BCUT2D eigenvalue weighted by Gasteiger charge is -2.37. The highest BCUT2D eigenvalue weighted by Gasteiger charge is 2.32. The van der Waals surface area contributed by atoms with Crippen molar-refractivity contribution in [3.8, 4) is 5.75 Å². The molecule has 6 heteroatoms. The summed E-state index contributed by atoms with van der Waals surface area (Å²) in [6.07, 6.45) is 8.16. The van der Waals surface area contributed by atoms with Gasteiger partial charge in [-0.2, -0.15) is 8.78 Å². The first-order valence-electron chi connectivity index (χ1n) is 10.4. The standard InChI is InChI=1S/C21H30F4OSi/c1-2-9-27-10-7-16(8-11-27)14-3-5-15(6-4-14)17-12-18(22)20(19(23)13-17)26-21(24)25/h12-16,21,27H,2-11H2,1H3/t14-,15-,16-,27-. The molecule has 0 unspecified atom stereocenters. The third-order valence-corrected chi connectivity index (χ3v) is 10.4. The Balaban J connectivity index is 1.55. The van der Waals surface area contributed by atoms with E-state index in [2.05, 4.69) is 11.7 Å². The Labute approximate surface area is 161 Å². The monoisotopic (exact) mass is 402 g/mol. The quantitative estimate of drug-likeness (QED) is 0.372. The van der Waals surface area contributed by atoms with Crippen molar-refractivity contribution < 1.29 is 22.3 Å². The maximum Gasteiger partial charge on any atom is 0.387 e. The van der Waals surface area contributed by atoms with Gasteiger partial charge in [0.15, 0.2) is 17.4 Å². The van der Waals surface area contributed by atoms with Crippen molar-refractivity contribution in [2.45, 2.75) is 82.5 Å². The molecule has 152 valence electrons. The molecule has 2 fully saturated rings. The van der Waals surface area contributed by atoms with Crippen molar-refractivity contribution in [2.24, 2.45) is 11.8 Å². The third kappa shape index (κ3) is 5.27. The number of hydrogen-bond donors (Lipinski definition) is 0. The van der Waals surface area contributed by atoms with E-state index in [1.807, 2.05) is 0 Å². The van der Waals surface area contributed by atoms with Crippen molar-refractivity contribution in [3.63, 3.8) is 0 Å². The summed E-state index contributed by atoms with van der Waals surface area (Å²) in [7, 11) is -0.456. The van der Waals surface area contributed by atoms with E-state index in [0.29, 0.717) is 5.56 Å². The Kier molecular flexibility index (Phi) is 7.23. The van der Waals surface area contributed by atoms with E-state index in [0.717, 1.165) is 37.5 Å². The minimum absolute atomic E-state index is 0.108. The second-order valence-corrected chi connectivity index (χ2v) is 11.8. The molecular formula is C21H30F4OSi. The Morgan fingerprint density at radius 3 is 2.04 bits per heavy atom. The van der Waals surface area contributed by atoms with Crippen molar-refractivity contribution in [2.75, 3.05) is 0 Å². The van der Waals surface area contributed by atoms with Crippen LogP contribution in [0.4, 0.5) is 17.6 Å². The van der Waals surface area contributed by atoms with Crippen molar-refractivity contribution in [1.82, 2.24) is 0 Å². The van der Waals surface area contributed by atoms with Crippen LogP contribution in [0.1, 0.15) is 63.4 Å². The molecular weight excluding hydrogens is 372 g/mol. The molecule has 0 bridgehead atoms. The predicted octanol–water partition coefficient (Wildman–Crippen LogP) is 6.89. The Bertz CT molecular complexity index is 585. The molecule has 1 nitrogen and oxygen atoms in total. The highest BCUT2D eigenvalue weighted by atomic mass is 28.3. The van der Waals surface area contributed by atoms with E-state index >= 15 is 0 Å². The first-order chi connectivity index (χ1) is 13.0. The van der Waals surface area contributed by atoms with Crippen LogP contribution < -0.4 is 4.74 Å². The summed E-state index contributed by atoms with van der Waals surface area (Å²) in [5, 5.41) is 0. The Hall–Kier alpha value is -1.04. The van der Waals surface area contributed by atoms with Crippen molar-refractivity contribution in [1.29, 1.82) is 0 Å². The van der Waals surface area contributed by atoms with Gasteiger partial charge >= 0.3 is 6.61 Å². The topological polar surface area (TPSA) is 9.23 Å². The molecule has 0 amide bonds. The van der Waals surface area contributed by atoms with Gasteiger partial charge < -0.3 is 4.74 Å². The zero-order valence-corrected chi connectivity index (χ0v) is 17.2. The van der Waals surface area contributed by atoms with Crippen LogP contribution in [0.3, 0.4) is 0 Å². The van der Waals surface area contributed by atoms with Gasteiger partial charge in [0.25, 0.3) is 0 Å². The van der Waals surface area contributed by atoms with Crippen LogP contribution in [0.2, 0.25) is 18.1 Å². The number of ether oxygens (including phenoxy) is 1. The minimum atomic E-state index is -3.23. The van der Waals surface area contributed by atoms with Crippen LogP contribution in [-0.4, -0.2) is 15.4 Å². The molecule has 0 aromatic heterocycles. The molecule has 1 saturated heterocycles. The lowest BCUT2D eigenvalue weighted by atomic mass is 9.72. The van der Waals surface area contributed by atoms with Crippen LogP contribution in [0.15, 0.2) is 12.1 Å². The molecule has 1 aromatic rings. The molecule has 0 spiro atoms. The highest BCUT2D eigenvalue weighted by molar-refractivity contribution is 6.58. The second kappa shape index (κ2) is 9.44. The van der Waals surface area contributed by atoms with Gasteiger partial charge in [-0.25, -0.2) is 8.78 Å². The first-order valence-corrected chi connectivity index (χ1v) is 12.9. The van der Waals surface area contributed by atoms with Crippen molar-refractivity contribution in [3.05, 3.63) is 29.3 Å². The lowest BCUT2D eigenvalue weighted by Crippen LogP contribution is -2.28. The van der Waals surface area contributed by atoms with Crippen molar-refractivity contribution >= 4 is 8.80 Å². The maximum atomic E-state index is 14.0. The zero-order chi connectivity index (χ0) is 19.4. The number of halogens is 4. The predicted molar refractivity (Wildman–Crippen MR) is 102 cm³/mol. The second-order valence-electron chi connectivity index (χ2n) is 8.37. The van der Waals surface area contributed by atoms with E-state index in [9.17, 15) is 17.6 Å². The molecule has 3 rings (SSSR count). The summed E-state index contributed by atoms with van der Waals surface area (Å²) in [5.74, 6) is -1.36. The highest BCUT2D eigenvalue weighted by Crippen LogP contribution is 2.44. The zero-order valence-electron chi connectivity index (χ0n) is 16.0. The minimum Gasteiger partial charge on any atom is -0.429 e. The molecule has 0 radical (unpaired) electrons. The summed E-state index contributed by atoms with van der Waals surface area (Å²) in [6, 6.07) is 6.81. The van der Waals surface area contributed by atoms with E-state index in [1.165, 1.54) is 49.5 Å². The van der Waals surface area contributed by atoms with Crippen LogP contribution in [0.5, 0.6) is 5.75 Å². The van der Waals surface area contributed by atoms with Crippen LogP contribution in [0.25, 0.3) is 0 Å². The van der Waals surface area contributed by atoms with Gasteiger partial charge in [0, 0.05) is 8.80 Å². The number of alkyl halides is 2. The molecule has 27 heavy (non-hydrogen) atoms. The molecule has 1 aromatic carbocycles. The van der Waals surface area contributed by atoms with Gasteiger partial charge in [0.1, 0.15) is 0 Å². The van der Waals surface area contributed by atoms with Gasteiger partial charge in [-0.15, -0.1) is 0 Å². The van der Waals surface area contributed by atoms with Gasteiger partial charge in [0.05, 0.1) is 0 Å². The number of rotatable bonds is 6. The summed E-state index contributed by atoms with van der Waals surface area (Å²) in [5.41, 5.74) is 0.573. The maximum absolute atomic E-state index is 14.0. The average Bonchev–Trinajstić information content (AvgIpc) is 2.65. The van der Waals surface area contributed by atoms with Crippen LogP contribution >= 0.6 is 0 Å². The summed E-state index contributed by atoms with van der Waals surface area (Å²) in [6.45, 7) is -0.941. The SMILES string of the molecule is CCC[Si@H]1CC[C@H]([C@H]2CC[C@H](c3cc(F)c(OC(F)F)c(F)c3)CC2)CC1. The number of hydrogen-bond acceptors (Lipinski definition) is 1. The van der Waals surface area contributed by atoms with E-state index in [4.69, 9.17) is 0 Å². The summed E-state index contributed by atoms with van der Waals surface area (Å²) < 4.78 is 56.5. The fourth-order valence-corrected chi connectivity index (χ4v) is 8.78. The van der Waals surface area contributed by atoms with Crippen LogP contribution in [-0.2, 0) is 0 Å². The van der Waals surface area contributed by atoms with Gasteiger partial charge in [-0.05, 0) is 61.1 Å². The fraction of sp³-hybridized carbons (Fsp3) is 0.714. The first kappa shape index (κ1) is 20.7. The molecule has 2 aliphatic rings. The van der Waals surface area contributed by atoms with E-state index in [-0.39, 0.29) is 5.92 Å². The summed E-state index contributed by atoms with van der Waals surface area (Å²) in [4.78, 5) is 0. The van der Waals surface area contributed by atoms with Crippen LogP contribution in [0, 0.1) is 23.5 Å². The smallest absolute Gasteiger partial charge is 0.387 e. The Morgan fingerprint density at radius 2 is 1.52 bits per heavy atom. The number of benzene rings is 1. The largest absolute Gasteiger partial charge is 0.429 e. The van der Waals surface area contributed by atoms with Gasteiger partial charge in [0.2, 0.25) is 0 Å². The average molecular weight is 403 g/mol. The Morgan fingerprint density at radius 1 is 0.963 bits per heavy atom.